The van der Waals surface area contributed by atoms with Crippen LogP contribution in [-0.2, 0) is 0 Å². The summed E-state index contributed by atoms with van der Waals surface area (Å²) in [6.45, 7) is 6.76. The molecular weight excluding hydrogens is 401 g/mol. The Balaban J connectivity index is 1.95. The van der Waals surface area contributed by atoms with Crippen LogP contribution in [0.25, 0.3) is 16.6 Å². The van der Waals surface area contributed by atoms with Crippen molar-refractivity contribution in [3.8, 4) is 11.6 Å². The van der Waals surface area contributed by atoms with E-state index in [0.717, 1.165) is 24.8 Å². The first kappa shape index (κ1) is 19.7. The van der Waals surface area contributed by atoms with Gasteiger partial charge in [-0.05, 0) is 43.7 Å². The van der Waals surface area contributed by atoms with Crippen LogP contribution in [0.5, 0.6) is 5.88 Å². The van der Waals surface area contributed by atoms with E-state index in [2.05, 4.69) is 15.0 Å². The quantitative estimate of drug-likeness (QED) is 0.679. The van der Waals surface area contributed by atoms with Gasteiger partial charge in [0.15, 0.2) is 0 Å². The molecule has 0 amide bonds. The molecule has 5 heterocycles. The van der Waals surface area contributed by atoms with E-state index in [4.69, 9.17) is 4.74 Å². The van der Waals surface area contributed by atoms with E-state index in [1.165, 1.54) is 4.57 Å². The summed E-state index contributed by atoms with van der Waals surface area (Å²) in [5.41, 5.74) is 0.146. The SMILES string of the molecule is Cc1ccnc(C(C)C)c1-n1c(=O)nc2c3c([nH]c(=O)c(F)c31)OC[C@@H]1CCCCN21. The highest BCUT2D eigenvalue weighted by atomic mass is 19.1. The number of nitrogens with one attached hydrogen (secondary N) is 1. The van der Waals surface area contributed by atoms with Crippen LogP contribution in [0.2, 0.25) is 0 Å². The van der Waals surface area contributed by atoms with Crippen LogP contribution < -0.4 is 20.9 Å². The van der Waals surface area contributed by atoms with Crippen molar-refractivity contribution < 1.29 is 9.13 Å². The van der Waals surface area contributed by atoms with Crippen LogP contribution in [0, 0.1) is 12.7 Å². The van der Waals surface area contributed by atoms with Crippen LogP contribution in [0.4, 0.5) is 10.2 Å². The van der Waals surface area contributed by atoms with Crippen LogP contribution >= 0.6 is 0 Å². The van der Waals surface area contributed by atoms with Crippen LogP contribution in [0.15, 0.2) is 21.9 Å². The Hall–Kier alpha value is -3.23. The standard InChI is InChI=1S/C22H24FN5O3/c1-11(2)16-17(12(3)7-8-24-16)28-18-14-19(25-22(28)30)27-9-5-4-6-13(27)10-31-21(14)26-20(29)15(18)23/h7-8,11,13H,4-6,9-10H2,1-3H3,(H,26,29)/t13-/m0/s1. The Kier molecular flexibility index (Phi) is 4.56. The Morgan fingerprint density at radius 3 is 2.87 bits per heavy atom. The van der Waals surface area contributed by atoms with Gasteiger partial charge in [0.05, 0.1) is 17.4 Å². The third-order valence-electron chi connectivity index (χ3n) is 6.18. The maximum Gasteiger partial charge on any atom is 0.354 e. The molecule has 2 aliphatic heterocycles. The lowest BCUT2D eigenvalue weighted by Crippen LogP contribution is -2.43. The maximum absolute atomic E-state index is 15.4. The first-order chi connectivity index (χ1) is 14.9. The van der Waals surface area contributed by atoms with Crippen LogP contribution in [0.1, 0.15) is 50.3 Å². The second kappa shape index (κ2) is 7.18. The van der Waals surface area contributed by atoms with Gasteiger partial charge in [-0.1, -0.05) is 13.8 Å². The Morgan fingerprint density at radius 2 is 2.10 bits per heavy atom. The first-order valence-electron chi connectivity index (χ1n) is 10.6. The van der Waals surface area contributed by atoms with E-state index < -0.39 is 17.1 Å². The summed E-state index contributed by atoms with van der Waals surface area (Å²) in [5.74, 6) is -0.535. The van der Waals surface area contributed by atoms with Gasteiger partial charge in [-0.3, -0.25) is 19.3 Å². The van der Waals surface area contributed by atoms with E-state index >= 15 is 4.39 Å². The number of piperidine rings is 1. The van der Waals surface area contributed by atoms with Crippen molar-refractivity contribution in [3.63, 3.8) is 0 Å². The molecule has 3 aromatic heterocycles. The number of ether oxygens (including phenoxy) is 1. The molecule has 1 fully saturated rings. The predicted molar refractivity (Wildman–Crippen MR) is 115 cm³/mol. The molecule has 8 nitrogen and oxygen atoms in total. The molecule has 0 unspecified atom stereocenters. The molecule has 5 rings (SSSR count). The lowest BCUT2D eigenvalue weighted by atomic mass is 10.0. The lowest BCUT2D eigenvalue weighted by molar-refractivity contribution is 0.259. The molecule has 0 spiro atoms. The summed E-state index contributed by atoms with van der Waals surface area (Å²) in [5, 5.41) is 0.319. The number of pyridine rings is 2. The molecule has 0 saturated carbocycles. The number of hydrogen-bond donors (Lipinski definition) is 1. The summed E-state index contributed by atoms with van der Waals surface area (Å²) in [6.07, 6.45) is 4.53. The van der Waals surface area contributed by atoms with Crippen molar-refractivity contribution in [1.29, 1.82) is 0 Å². The molecule has 0 aromatic carbocycles. The Labute approximate surface area is 177 Å². The largest absolute Gasteiger partial charge is 0.476 e. The van der Waals surface area contributed by atoms with Crippen LogP contribution in [-0.4, -0.2) is 38.7 Å². The number of rotatable bonds is 2. The minimum absolute atomic E-state index is 0.0185. The van der Waals surface area contributed by atoms with Gasteiger partial charge in [-0.2, -0.15) is 9.37 Å². The van der Waals surface area contributed by atoms with Crippen molar-refractivity contribution in [3.05, 3.63) is 50.2 Å². The first-order valence-corrected chi connectivity index (χ1v) is 10.6. The van der Waals surface area contributed by atoms with Gasteiger partial charge in [0.25, 0.3) is 5.56 Å². The Bertz CT molecular complexity index is 1310. The highest BCUT2D eigenvalue weighted by molar-refractivity contribution is 5.95. The van der Waals surface area contributed by atoms with Gasteiger partial charge in [0.2, 0.25) is 11.7 Å². The van der Waals surface area contributed by atoms with E-state index in [1.54, 1.807) is 12.3 Å². The van der Waals surface area contributed by atoms with Crippen molar-refractivity contribution in [1.82, 2.24) is 19.5 Å². The second-order valence-electron chi connectivity index (χ2n) is 8.54. The average Bonchev–Trinajstić information content (AvgIpc) is 2.89. The zero-order valence-electron chi connectivity index (χ0n) is 17.7. The summed E-state index contributed by atoms with van der Waals surface area (Å²) in [6, 6.07) is 1.78. The number of fused-ring (bicyclic) bond motifs is 2. The minimum Gasteiger partial charge on any atom is -0.476 e. The minimum atomic E-state index is -1.03. The summed E-state index contributed by atoms with van der Waals surface area (Å²) < 4.78 is 22.6. The molecule has 9 heteroatoms. The highest BCUT2D eigenvalue weighted by Crippen LogP contribution is 2.38. The van der Waals surface area contributed by atoms with Crippen molar-refractivity contribution in [2.45, 2.75) is 52.0 Å². The van der Waals surface area contributed by atoms with E-state index in [1.807, 2.05) is 25.7 Å². The number of aromatic nitrogens is 4. The third kappa shape index (κ3) is 2.94. The van der Waals surface area contributed by atoms with Gasteiger partial charge in [-0.15, -0.1) is 0 Å². The number of H-pyrrole nitrogens is 1. The highest BCUT2D eigenvalue weighted by Gasteiger charge is 2.34. The summed E-state index contributed by atoms with van der Waals surface area (Å²) in [4.78, 5) is 39.3. The fraction of sp³-hybridized carbons (Fsp3) is 0.455. The van der Waals surface area contributed by atoms with Gasteiger partial charge in [0, 0.05) is 12.7 Å². The molecule has 3 aromatic rings. The van der Waals surface area contributed by atoms with E-state index in [-0.39, 0.29) is 23.4 Å². The Morgan fingerprint density at radius 1 is 1.29 bits per heavy atom. The average molecular weight is 425 g/mol. The molecule has 31 heavy (non-hydrogen) atoms. The monoisotopic (exact) mass is 425 g/mol. The van der Waals surface area contributed by atoms with E-state index in [9.17, 15) is 9.59 Å². The number of nitrogens with zero attached hydrogens (tertiary/aromatic N) is 4. The van der Waals surface area contributed by atoms with Gasteiger partial charge < -0.3 is 9.64 Å². The second-order valence-corrected chi connectivity index (χ2v) is 8.54. The fourth-order valence-electron chi connectivity index (χ4n) is 4.70. The normalized spacial score (nSPS) is 18.1. The number of aromatic amines is 1. The number of anilines is 1. The summed E-state index contributed by atoms with van der Waals surface area (Å²) >= 11 is 0. The number of hydrogen-bond acceptors (Lipinski definition) is 6. The predicted octanol–water partition coefficient (Wildman–Crippen LogP) is 2.79. The topological polar surface area (TPSA) is 93.1 Å². The van der Waals surface area contributed by atoms with Crippen molar-refractivity contribution >= 4 is 16.7 Å². The molecule has 2 aliphatic rings. The zero-order chi connectivity index (χ0) is 21.9. The molecule has 1 N–H and O–H groups in total. The van der Waals surface area contributed by atoms with Crippen LogP contribution in [0.3, 0.4) is 0 Å². The smallest absolute Gasteiger partial charge is 0.354 e. The van der Waals surface area contributed by atoms with Crippen molar-refractivity contribution in [2.24, 2.45) is 0 Å². The number of aryl methyl sites for hydroxylation is 1. The summed E-state index contributed by atoms with van der Waals surface area (Å²) in [7, 11) is 0. The van der Waals surface area contributed by atoms with Crippen molar-refractivity contribution in [2.75, 3.05) is 18.1 Å². The van der Waals surface area contributed by atoms with Gasteiger partial charge in [0.1, 0.15) is 23.3 Å². The molecule has 0 radical (unpaired) electrons. The van der Waals surface area contributed by atoms with Gasteiger partial charge in [-0.25, -0.2) is 4.79 Å². The van der Waals surface area contributed by atoms with Gasteiger partial charge >= 0.3 is 5.69 Å². The third-order valence-corrected chi connectivity index (χ3v) is 6.18. The number of halogens is 1. The molecule has 1 atom stereocenters. The maximum atomic E-state index is 15.4. The molecular formula is C22H24FN5O3. The molecule has 162 valence electrons. The van der Waals surface area contributed by atoms with E-state index in [0.29, 0.717) is 35.7 Å². The molecule has 0 bridgehead atoms. The fourth-order valence-corrected chi connectivity index (χ4v) is 4.70. The molecule has 1 saturated heterocycles. The lowest BCUT2D eigenvalue weighted by Gasteiger charge is -2.34. The molecule has 0 aliphatic carbocycles. The zero-order valence-corrected chi connectivity index (χ0v) is 17.7.